The Kier molecular flexibility index (Phi) is 4.61. The Balaban J connectivity index is 2.20. The molecular formula is C14H20O5S. The van der Waals surface area contributed by atoms with E-state index in [2.05, 4.69) is 12.6 Å². The molecule has 1 aliphatic rings. The van der Waals surface area contributed by atoms with Gasteiger partial charge >= 0.3 is 0 Å². The Hall–Kier alpha value is -0.790. The summed E-state index contributed by atoms with van der Waals surface area (Å²) in [5.41, 5.74) is -1.74. The van der Waals surface area contributed by atoms with Gasteiger partial charge in [-0.25, -0.2) is 0 Å². The molecule has 1 heterocycles. The molecule has 2 rings (SSSR count). The van der Waals surface area contributed by atoms with Crippen LogP contribution in [0.3, 0.4) is 0 Å². The molecule has 5 nitrogen and oxygen atoms in total. The second kappa shape index (κ2) is 5.91. The summed E-state index contributed by atoms with van der Waals surface area (Å²) in [5, 5.41) is 30.7. The van der Waals surface area contributed by atoms with Crippen LogP contribution in [0.4, 0.5) is 0 Å². The van der Waals surface area contributed by atoms with E-state index < -0.39 is 29.3 Å². The third-order valence-electron chi connectivity index (χ3n) is 3.73. The number of methoxy groups -OCH3 is 1. The Morgan fingerprint density at radius 3 is 2.45 bits per heavy atom. The maximum absolute atomic E-state index is 10.6. The summed E-state index contributed by atoms with van der Waals surface area (Å²) in [6, 6.07) is 7.10. The van der Waals surface area contributed by atoms with E-state index in [0.717, 1.165) is 5.56 Å². The zero-order chi connectivity index (χ0) is 14.9. The van der Waals surface area contributed by atoms with Gasteiger partial charge < -0.3 is 24.8 Å². The molecule has 0 saturated carbocycles. The highest BCUT2D eigenvalue weighted by Crippen LogP contribution is 2.34. The Bertz CT molecular complexity index is 451. The highest BCUT2D eigenvalue weighted by atomic mass is 32.1. The van der Waals surface area contributed by atoms with E-state index in [9.17, 15) is 15.3 Å². The van der Waals surface area contributed by atoms with E-state index in [1.54, 1.807) is 38.3 Å². The SMILES string of the molecule is COc1ccc(C[C@]2(O)[C@H](O)[C@H](O)[C@H](C)O[C@@H]2S)cc1. The van der Waals surface area contributed by atoms with Crippen LogP contribution in [0.1, 0.15) is 12.5 Å². The Labute approximate surface area is 123 Å². The number of rotatable bonds is 3. The van der Waals surface area contributed by atoms with Crippen LogP contribution in [-0.4, -0.2) is 51.8 Å². The highest BCUT2D eigenvalue weighted by molar-refractivity contribution is 7.80. The normalized spacial score (nSPS) is 37.7. The first kappa shape index (κ1) is 15.6. The summed E-state index contributed by atoms with van der Waals surface area (Å²) < 4.78 is 10.4. The molecule has 0 amide bonds. The van der Waals surface area contributed by atoms with Crippen molar-refractivity contribution in [3.05, 3.63) is 29.8 Å². The molecule has 1 aliphatic heterocycles. The van der Waals surface area contributed by atoms with E-state index in [-0.39, 0.29) is 6.42 Å². The molecule has 112 valence electrons. The third kappa shape index (κ3) is 2.80. The molecule has 0 unspecified atom stereocenters. The number of benzene rings is 1. The quantitative estimate of drug-likeness (QED) is 0.607. The molecule has 1 aromatic carbocycles. The van der Waals surface area contributed by atoms with Crippen LogP contribution < -0.4 is 4.74 Å². The van der Waals surface area contributed by atoms with Crippen molar-refractivity contribution in [1.29, 1.82) is 0 Å². The smallest absolute Gasteiger partial charge is 0.132 e. The molecule has 0 aromatic heterocycles. The number of ether oxygens (including phenoxy) is 2. The minimum Gasteiger partial charge on any atom is -0.497 e. The number of aliphatic hydroxyl groups is 3. The second-order valence-corrected chi connectivity index (χ2v) is 5.61. The van der Waals surface area contributed by atoms with Gasteiger partial charge in [-0.15, -0.1) is 12.6 Å². The van der Waals surface area contributed by atoms with Gasteiger partial charge in [-0.1, -0.05) is 12.1 Å². The van der Waals surface area contributed by atoms with Crippen LogP contribution in [0.15, 0.2) is 24.3 Å². The molecule has 3 N–H and O–H groups in total. The van der Waals surface area contributed by atoms with Crippen molar-refractivity contribution in [3.63, 3.8) is 0 Å². The molecule has 1 aromatic rings. The summed E-state index contributed by atoms with van der Waals surface area (Å²) in [7, 11) is 1.57. The lowest BCUT2D eigenvalue weighted by Gasteiger charge is -2.46. The average Bonchev–Trinajstić information content (AvgIpc) is 2.44. The predicted octanol–water partition coefficient (Wildman–Crippen LogP) is 0.365. The standard InChI is InChI=1S/C14H20O5S/c1-8-11(15)12(16)14(17,13(20)19-8)7-9-3-5-10(18-2)6-4-9/h3-6,8,11-13,15-17,20H,7H2,1-2H3/t8-,11+,12+,13+,14-/m0/s1. The van der Waals surface area contributed by atoms with Gasteiger partial charge in [0, 0.05) is 6.42 Å². The van der Waals surface area contributed by atoms with E-state index in [0.29, 0.717) is 5.75 Å². The lowest BCUT2D eigenvalue weighted by atomic mass is 9.83. The van der Waals surface area contributed by atoms with Crippen molar-refractivity contribution in [2.24, 2.45) is 0 Å². The van der Waals surface area contributed by atoms with Crippen molar-refractivity contribution < 1.29 is 24.8 Å². The fourth-order valence-corrected chi connectivity index (χ4v) is 2.80. The van der Waals surface area contributed by atoms with Crippen molar-refractivity contribution in [3.8, 4) is 5.75 Å². The van der Waals surface area contributed by atoms with Crippen molar-refractivity contribution in [1.82, 2.24) is 0 Å². The maximum Gasteiger partial charge on any atom is 0.132 e. The molecule has 0 aliphatic carbocycles. The van der Waals surface area contributed by atoms with Crippen molar-refractivity contribution >= 4 is 12.6 Å². The largest absolute Gasteiger partial charge is 0.497 e. The lowest BCUT2D eigenvalue weighted by Crippen LogP contribution is -2.64. The molecular weight excluding hydrogens is 280 g/mol. The van der Waals surface area contributed by atoms with E-state index in [4.69, 9.17) is 9.47 Å². The fourth-order valence-electron chi connectivity index (χ4n) is 2.36. The minimum atomic E-state index is -1.65. The topological polar surface area (TPSA) is 79.2 Å². The Morgan fingerprint density at radius 1 is 1.30 bits per heavy atom. The summed E-state index contributed by atoms with van der Waals surface area (Å²) in [4.78, 5) is 0. The molecule has 1 fully saturated rings. The van der Waals surface area contributed by atoms with Gasteiger partial charge in [-0.3, -0.25) is 0 Å². The first-order valence-electron chi connectivity index (χ1n) is 6.43. The predicted molar refractivity (Wildman–Crippen MR) is 77.0 cm³/mol. The summed E-state index contributed by atoms with van der Waals surface area (Å²) >= 11 is 4.20. The number of aliphatic hydroxyl groups excluding tert-OH is 2. The molecule has 1 saturated heterocycles. The average molecular weight is 300 g/mol. The summed E-state index contributed by atoms with van der Waals surface area (Å²) in [6.45, 7) is 1.63. The molecule has 0 spiro atoms. The first-order chi connectivity index (χ1) is 9.38. The monoisotopic (exact) mass is 300 g/mol. The van der Waals surface area contributed by atoms with Crippen LogP contribution in [-0.2, 0) is 11.2 Å². The molecule has 0 bridgehead atoms. The van der Waals surface area contributed by atoms with Gasteiger partial charge in [-0.05, 0) is 24.6 Å². The van der Waals surface area contributed by atoms with Crippen LogP contribution >= 0.6 is 12.6 Å². The highest BCUT2D eigenvalue weighted by Gasteiger charge is 2.52. The van der Waals surface area contributed by atoms with Crippen molar-refractivity contribution in [2.75, 3.05) is 7.11 Å². The van der Waals surface area contributed by atoms with Gasteiger partial charge in [0.1, 0.15) is 29.0 Å². The molecule has 5 atom stereocenters. The maximum atomic E-state index is 10.6. The van der Waals surface area contributed by atoms with Gasteiger partial charge in [0.2, 0.25) is 0 Å². The zero-order valence-electron chi connectivity index (χ0n) is 11.4. The van der Waals surface area contributed by atoms with Gasteiger partial charge in [0.05, 0.1) is 13.2 Å². The van der Waals surface area contributed by atoms with E-state index in [1.165, 1.54) is 0 Å². The van der Waals surface area contributed by atoms with Gasteiger partial charge in [0.15, 0.2) is 0 Å². The molecule has 20 heavy (non-hydrogen) atoms. The summed E-state index contributed by atoms with van der Waals surface area (Å²) in [5.74, 6) is 0.706. The van der Waals surface area contributed by atoms with Crippen LogP contribution in [0.5, 0.6) is 5.75 Å². The summed E-state index contributed by atoms with van der Waals surface area (Å²) in [6.07, 6.45) is -2.93. The van der Waals surface area contributed by atoms with Crippen LogP contribution in [0, 0.1) is 0 Å². The van der Waals surface area contributed by atoms with Crippen LogP contribution in [0.2, 0.25) is 0 Å². The lowest BCUT2D eigenvalue weighted by molar-refractivity contribution is -0.240. The number of thiol groups is 1. The molecule has 0 radical (unpaired) electrons. The third-order valence-corrected chi connectivity index (χ3v) is 4.30. The zero-order valence-corrected chi connectivity index (χ0v) is 12.3. The van der Waals surface area contributed by atoms with Gasteiger partial charge in [0.25, 0.3) is 0 Å². The second-order valence-electron chi connectivity index (χ2n) is 5.15. The fraction of sp³-hybridized carbons (Fsp3) is 0.571. The van der Waals surface area contributed by atoms with Crippen LogP contribution in [0.25, 0.3) is 0 Å². The Morgan fingerprint density at radius 2 is 1.90 bits per heavy atom. The van der Waals surface area contributed by atoms with Crippen molar-refractivity contribution in [2.45, 2.75) is 42.7 Å². The van der Waals surface area contributed by atoms with E-state index >= 15 is 0 Å². The van der Waals surface area contributed by atoms with E-state index in [1.807, 2.05) is 0 Å². The number of hydrogen-bond acceptors (Lipinski definition) is 6. The number of hydrogen-bond donors (Lipinski definition) is 4. The molecule has 6 heteroatoms. The van der Waals surface area contributed by atoms with Gasteiger partial charge in [-0.2, -0.15) is 0 Å². The minimum absolute atomic E-state index is 0.121. The first-order valence-corrected chi connectivity index (χ1v) is 6.95.